The molecule has 1 heterocycles. The lowest BCUT2D eigenvalue weighted by atomic mass is 9.96. The second kappa shape index (κ2) is 6.05. The zero-order valence-electron chi connectivity index (χ0n) is 11.3. The lowest BCUT2D eigenvalue weighted by Gasteiger charge is -2.16. The van der Waals surface area contributed by atoms with Gasteiger partial charge in [0.1, 0.15) is 0 Å². The molecule has 0 amide bonds. The van der Waals surface area contributed by atoms with Crippen LogP contribution in [0.25, 0.3) is 0 Å². The molecule has 106 valence electrons. The Labute approximate surface area is 121 Å². The Balaban J connectivity index is 1.88. The van der Waals surface area contributed by atoms with E-state index >= 15 is 0 Å². The van der Waals surface area contributed by atoms with E-state index in [1.807, 2.05) is 18.7 Å². The highest BCUT2D eigenvalue weighted by Crippen LogP contribution is 2.31. The van der Waals surface area contributed by atoms with Crippen LogP contribution in [0.15, 0.2) is 4.47 Å². The van der Waals surface area contributed by atoms with E-state index in [2.05, 4.69) is 26.3 Å². The maximum Gasteiger partial charge on any atom is 0.306 e. The molecule has 19 heavy (non-hydrogen) atoms. The number of aromatic nitrogens is 2. The topological polar surface area (TPSA) is 67.2 Å². The van der Waals surface area contributed by atoms with E-state index in [0.29, 0.717) is 6.54 Å². The first-order valence-electron chi connectivity index (χ1n) is 6.62. The number of aliphatic carboxylic acids is 1. The average molecular weight is 330 g/mol. The van der Waals surface area contributed by atoms with Crippen LogP contribution >= 0.6 is 15.9 Å². The van der Waals surface area contributed by atoms with Gasteiger partial charge in [0.25, 0.3) is 0 Å². The maximum atomic E-state index is 11.1. The van der Waals surface area contributed by atoms with E-state index in [1.54, 1.807) is 0 Å². The molecule has 1 aromatic rings. The fourth-order valence-electron chi connectivity index (χ4n) is 2.85. The Bertz CT molecular complexity index is 473. The fourth-order valence-corrected chi connectivity index (χ4v) is 3.33. The van der Waals surface area contributed by atoms with Crippen molar-refractivity contribution in [1.29, 1.82) is 0 Å². The molecule has 6 heteroatoms. The summed E-state index contributed by atoms with van der Waals surface area (Å²) in [6.45, 7) is 3.43. The first-order valence-corrected chi connectivity index (χ1v) is 7.41. The van der Waals surface area contributed by atoms with Crippen molar-refractivity contribution in [3.05, 3.63) is 15.9 Å². The van der Waals surface area contributed by atoms with Gasteiger partial charge in [-0.25, -0.2) is 0 Å². The first-order chi connectivity index (χ1) is 9.00. The SMILES string of the molecule is Cc1nn(C)c(CNCC2CCCC2C(=O)O)c1Br. The maximum absolute atomic E-state index is 11.1. The summed E-state index contributed by atoms with van der Waals surface area (Å²) in [5, 5.41) is 16.9. The lowest BCUT2D eigenvalue weighted by Crippen LogP contribution is -2.29. The number of hydrogen-bond acceptors (Lipinski definition) is 3. The van der Waals surface area contributed by atoms with Crippen LogP contribution in [0, 0.1) is 18.8 Å². The van der Waals surface area contributed by atoms with Crippen LogP contribution in [0.1, 0.15) is 30.7 Å². The predicted octanol–water partition coefficient (Wildman–Crippen LogP) is 2.08. The van der Waals surface area contributed by atoms with Gasteiger partial charge in [0.05, 0.1) is 21.8 Å². The number of nitrogens with one attached hydrogen (secondary N) is 1. The summed E-state index contributed by atoms with van der Waals surface area (Å²) in [4.78, 5) is 11.1. The van der Waals surface area contributed by atoms with E-state index in [1.165, 1.54) is 0 Å². The van der Waals surface area contributed by atoms with Gasteiger partial charge in [-0.3, -0.25) is 9.48 Å². The smallest absolute Gasteiger partial charge is 0.306 e. The second-order valence-corrected chi connectivity index (χ2v) is 6.03. The molecular formula is C13H20BrN3O2. The molecule has 0 spiro atoms. The minimum Gasteiger partial charge on any atom is -0.481 e. The largest absolute Gasteiger partial charge is 0.481 e. The van der Waals surface area contributed by atoms with Gasteiger partial charge in [-0.15, -0.1) is 0 Å². The van der Waals surface area contributed by atoms with Gasteiger partial charge in [-0.1, -0.05) is 6.42 Å². The van der Waals surface area contributed by atoms with Crippen molar-refractivity contribution in [3.63, 3.8) is 0 Å². The molecule has 0 bridgehead atoms. The average Bonchev–Trinajstić information content (AvgIpc) is 2.89. The standard InChI is InChI=1S/C13H20BrN3O2/c1-8-12(14)11(17(2)16-8)7-15-6-9-4-3-5-10(9)13(18)19/h9-10,15H,3-7H2,1-2H3,(H,18,19). The zero-order chi connectivity index (χ0) is 14.0. The lowest BCUT2D eigenvalue weighted by molar-refractivity contribution is -0.142. The minimum atomic E-state index is -0.651. The van der Waals surface area contributed by atoms with Crippen molar-refractivity contribution >= 4 is 21.9 Å². The van der Waals surface area contributed by atoms with Crippen molar-refractivity contribution in [3.8, 4) is 0 Å². The van der Waals surface area contributed by atoms with Gasteiger partial charge in [-0.05, 0) is 48.2 Å². The van der Waals surface area contributed by atoms with E-state index in [-0.39, 0.29) is 11.8 Å². The Morgan fingerprint density at radius 2 is 2.32 bits per heavy atom. The number of hydrogen-bond donors (Lipinski definition) is 2. The van der Waals surface area contributed by atoms with Crippen LogP contribution in [-0.2, 0) is 18.4 Å². The number of aryl methyl sites for hydroxylation is 2. The highest BCUT2D eigenvalue weighted by atomic mass is 79.9. The van der Waals surface area contributed by atoms with Crippen molar-refractivity contribution in [2.45, 2.75) is 32.7 Å². The van der Waals surface area contributed by atoms with Crippen LogP contribution in [0.2, 0.25) is 0 Å². The number of carboxylic acids is 1. The minimum absolute atomic E-state index is 0.177. The molecule has 1 fully saturated rings. The molecule has 1 aromatic heterocycles. The summed E-state index contributed by atoms with van der Waals surface area (Å²) in [5.41, 5.74) is 2.07. The second-order valence-electron chi connectivity index (χ2n) is 5.24. The Kier molecular flexibility index (Phi) is 4.62. The summed E-state index contributed by atoms with van der Waals surface area (Å²) in [5.74, 6) is -0.573. The van der Waals surface area contributed by atoms with Gasteiger partial charge >= 0.3 is 5.97 Å². The van der Waals surface area contributed by atoms with E-state index in [0.717, 1.165) is 41.7 Å². The van der Waals surface area contributed by atoms with Crippen LogP contribution in [0.4, 0.5) is 0 Å². The van der Waals surface area contributed by atoms with Crippen LogP contribution in [0.5, 0.6) is 0 Å². The van der Waals surface area contributed by atoms with E-state index in [4.69, 9.17) is 5.11 Å². The molecule has 2 N–H and O–H groups in total. The predicted molar refractivity (Wildman–Crippen MR) is 75.8 cm³/mol. The molecule has 2 atom stereocenters. The van der Waals surface area contributed by atoms with Gasteiger partial charge in [0, 0.05) is 13.6 Å². The third kappa shape index (κ3) is 3.17. The highest BCUT2D eigenvalue weighted by Gasteiger charge is 2.32. The van der Waals surface area contributed by atoms with Crippen molar-refractivity contribution < 1.29 is 9.90 Å². The summed E-state index contributed by atoms with van der Waals surface area (Å²) < 4.78 is 2.89. The van der Waals surface area contributed by atoms with Crippen LogP contribution in [-0.4, -0.2) is 27.4 Å². The van der Waals surface area contributed by atoms with Gasteiger partial charge < -0.3 is 10.4 Å². The van der Waals surface area contributed by atoms with Crippen LogP contribution in [0.3, 0.4) is 0 Å². The van der Waals surface area contributed by atoms with E-state index in [9.17, 15) is 4.79 Å². The molecule has 0 aromatic carbocycles. The summed E-state index contributed by atoms with van der Waals surface area (Å²) >= 11 is 3.53. The number of carboxylic acid groups (broad SMARTS) is 1. The first kappa shape index (κ1) is 14.5. The molecule has 1 saturated carbocycles. The Morgan fingerprint density at radius 3 is 2.89 bits per heavy atom. The summed E-state index contributed by atoms with van der Waals surface area (Å²) in [6.07, 6.45) is 2.85. The summed E-state index contributed by atoms with van der Waals surface area (Å²) in [7, 11) is 1.92. The number of rotatable bonds is 5. The fraction of sp³-hybridized carbons (Fsp3) is 0.692. The molecule has 2 unspecified atom stereocenters. The molecule has 0 radical (unpaired) electrons. The van der Waals surface area contributed by atoms with Crippen molar-refractivity contribution in [2.75, 3.05) is 6.54 Å². The van der Waals surface area contributed by atoms with Crippen LogP contribution < -0.4 is 5.32 Å². The normalized spacial score (nSPS) is 22.9. The molecular weight excluding hydrogens is 310 g/mol. The molecule has 1 aliphatic carbocycles. The van der Waals surface area contributed by atoms with Gasteiger partial charge in [0.15, 0.2) is 0 Å². The molecule has 5 nitrogen and oxygen atoms in total. The number of halogens is 1. The highest BCUT2D eigenvalue weighted by molar-refractivity contribution is 9.10. The molecule has 0 aliphatic heterocycles. The number of carbonyl (C=O) groups is 1. The van der Waals surface area contributed by atoms with Crippen molar-refractivity contribution in [2.24, 2.45) is 18.9 Å². The van der Waals surface area contributed by atoms with Gasteiger partial charge in [0.2, 0.25) is 0 Å². The summed E-state index contributed by atoms with van der Waals surface area (Å²) in [6, 6.07) is 0. The van der Waals surface area contributed by atoms with Gasteiger partial charge in [-0.2, -0.15) is 5.10 Å². The number of nitrogens with zero attached hydrogens (tertiary/aromatic N) is 2. The molecule has 0 saturated heterocycles. The quantitative estimate of drug-likeness (QED) is 0.867. The Morgan fingerprint density at radius 1 is 1.58 bits per heavy atom. The molecule has 2 rings (SSSR count). The zero-order valence-corrected chi connectivity index (χ0v) is 12.9. The third-order valence-corrected chi connectivity index (χ3v) is 4.97. The van der Waals surface area contributed by atoms with E-state index < -0.39 is 5.97 Å². The monoisotopic (exact) mass is 329 g/mol. The van der Waals surface area contributed by atoms with Crippen molar-refractivity contribution in [1.82, 2.24) is 15.1 Å². The third-order valence-electron chi connectivity index (χ3n) is 3.94. The molecule has 1 aliphatic rings. The Hall–Kier alpha value is -0.880.